The Labute approximate surface area is 101 Å². The van der Waals surface area contributed by atoms with Crippen LogP contribution in [0.2, 0.25) is 0 Å². The minimum atomic E-state index is -0.126. The van der Waals surface area contributed by atoms with Crippen molar-refractivity contribution in [3.05, 3.63) is 0 Å². The molecule has 0 spiro atoms. The van der Waals surface area contributed by atoms with Crippen molar-refractivity contribution in [3.63, 3.8) is 0 Å². The summed E-state index contributed by atoms with van der Waals surface area (Å²) < 4.78 is 0. The van der Waals surface area contributed by atoms with Crippen LogP contribution in [0.1, 0.15) is 53.9 Å². The van der Waals surface area contributed by atoms with Gasteiger partial charge in [-0.25, -0.2) is 0 Å². The lowest BCUT2D eigenvalue weighted by Crippen LogP contribution is -2.53. The second kappa shape index (κ2) is 5.50. The number of nitrogens with one attached hydrogen (secondary N) is 1. The van der Waals surface area contributed by atoms with E-state index in [4.69, 9.17) is 0 Å². The van der Waals surface area contributed by atoms with Crippen LogP contribution in [0.4, 0.5) is 0 Å². The lowest BCUT2D eigenvalue weighted by molar-refractivity contribution is 0.00539. The molecule has 0 radical (unpaired) electrons. The summed E-state index contributed by atoms with van der Waals surface area (Å²) in [6.07, 6.45) is 3.25. The van der Waals surface area contributed by atoms with Gasteiger partial charge in [-0.15, -0.1) is 0 Å². The summed E-state index contributed by atoms with van der Waals surface area (Å²) in [6, 6.07) is 0. The molecule has 0 aliphatic heterocycles. The highest BCUT2D eigenvalue weighted by molar-refractivity contribution is 4.93. The van der Waals surface area contributed by atoms with Crippen LogP contribution in [0.3, 0.4) is 0 Å². The maximum atomic E-state index is 10.2. The standard InChI is InChI=1S/C14H29NO/c1-10(2)9-15-14(4,5)12-7-6-11(3)8-13(12)16/h10-13,15-16H,6-9H2,1-5H3/t11-,12-,13-/m1/s1. The SMILES string of the molecule is CC(C)CNC(C)(C)[C@@H]1CC[C@@H](C)C[C@H]1O. The van der Waals surface area contributed by atoms with E-state index in [1.165, 1.54) is 6.42 Å². The molecule has 1 rings (SSSR count). The first-order chi connectivity index (χ1) is 7.33. The predicted molar refractivity (Wildman–Crippen MR) is 69.4 cm³/mol. The van der Waals surface area contributed by atoms with Gasteiger partial charge in [0, 0.05) is 11.5 Å². The van der Waals surface area contributed by atoms with Crippen LogP contribution in [-0.4, -0.2) is 23.3 Å². The molecule has 16 heavy (non-hydrogen) atoms. The number of aliphatic hydroxyl groups excluding tert-OH is 1. The van der Waals surface area contributed by atoms with Gasteiger partial charge in [0.25, 0.3) is 0 Å². The molecule has 1 saturated carbocycles. The van der Waals surface area contributed by atoms with E-state index in [0.717, 1.165) is 19.4 Å². The smallest absolute Gasteiger partial charge is 0.0588 e. The Kier molecular flexibility index (Phi) is 4.81. The van der Waals surface area contributed by atoms with Gasteiger partial charge in [-0.2, -0.15) is 0 Å². The van der Waals surface area contributed by atoms with Gasteiger partial charge >= 0.3 is 0 Å². The quantitative estimate of drug-likeness (QED) is 0.774. The first-order valence-corrected chi connectivity index (χ1v) is 6.76. The summed E-state index contributed by atoms with van der Waals surface area (Å²) in [4.78, 5) is 0. The van der Waals surface area contributed by atoms with Crippen molar-refractivity contribution in [1.82, 2.24) is 5.32 Å². The fourth-order valence-corrected chi connectivity index (χ4v) is 2.79. The van der Waals surface area contributed by atoms with Crippen molar-refractivity contribution < 1.29 is 5.11 Å². The Morgan fingerprint density at radius 3 is 2.44 bits per heavy atom. The van der Waals surface area contributed by atoms with E-state index < -0.39 is 0 Å². The molecule has 0 heterocycles. The summed E-state index contributed by atoms with van der Waals surface area (Å²) in [5.41, 5.74) is 0.0594. The Hall–Kier alpha value is -0.0800. The first kappa shape index (κ1) is 14.0. The molecule has 2 N–H and O–H groups in total. The minimum Gasteiger partial charge on any atom is -0.393 e. The summed E-state index contributed by atoms with van der Waals surface area (Å²) in [7, 11) is 0. The van der Waals surface area contributed by atoms with Crippen molar-refractivity contribution in [2.24, 2.45) is 17.8 Å². The third-order valence-corrected chi connectivity index (χ3v) is 3.97. The van der Waals surface area contributed by atoms with Crippen molar-refractivity contribution in [3.8, 4) is 0 Å². The molecule has 2 heteroatoms. The average Bonchev–Trinajstić information content (AvgIpc) is 2.14. The molecule has 0 aromatic rings. The van der Waals surface area contributed by atoms with E-state index in [1.54, 1.807) is 0 Å². The maximum Gasteiger partial charge on any atom is 0.0588 e. The fourth-order valence-electron chi connectivity index (χ4n) is 2.79. The van der Waals surface area contributed by atoms with Gasteiger partial charge in [0.2, 0.25) is 0 Å². The fraction of sp³-hybridized carbons (Fsp3) is 1.00. The first-order valence-electron chi connectivity index (χ1n) is 6.76. The molecule has 0 aromatic heterocycles. The molecule has 1 aliphatic rings. The molecule has 1 fully saturated rings. The van der Waals surface area contributed by atoms with E-state index in [9.17, 15) is 5.11 Å². The van der Waals surface area contributed by atoms with Gasteiger partial charge < -0.3 is 10.4 Å². The molecule has 1 aliphatic carbocycles. The highest BCUT2D eigenvalue weighted by atomic mass is 16.3. The molecule has 0 aromatic carbocycles. The zero-order chi connectivity index (χ0) is 12.3. The van der Waals surface area contributed by atoms with Gasteiger partial charge in [0.15, 0.2) is 0 Å². The maximum absolute atomic E-state index is 10.2. The Bertz CT molecular complexity index is 213. The monoisotopic (exact) mass is 227 g/mol. The van der Waals surface area contributed by atoms with E-state index >= 15 is 0 Å². The molecule has 0 saturated heterocycles. The van der Waals surface area contributed by atoms with E-state index in [0.29, 0.717) is 17.8 Å². The van der Waals surface area contributed by atoms with Crippen LogP contribution in [0.25, 0.3) is 0 Å². The summed E-state index contributed by atoms with van der Waals surface area (Å²) in [5, 5.41) is 13.8. The lowest BCUT2D eigenvalue weighted by Gasteiger charge is -2.43. The molecule has 96 valence electrons. The lowest BCUT2D eigenvalue weighted by atomic mass is 9.71. The van der Waals surface area contributed by atoms with Crippen molar-refractivity contribution in [1.29, 1.82) is 0 Å². The topological polar surface area (TPSA) is 32.3 Å². The van der Waals surface area contributed by atoms with Crippen molar-refractivity contribution in [2.75, 3.05) is 6.54 Å². The van der Waals surface area contributed by atoms with Crippen LogP contribution in [0.15, 0.2) is 0 Å². The molecule has 2 nitrogen and oxygen atoms in total. The van der Waals surface area contributed by atoms with E-state index in [1.807, 2.05) is 0 Å². The zero-order valence-corrected chi connectivity index (χ0v) is 11.6. The van der Waals surface area contributed by atoms with Crippen LogP contribution in [0.5, 0.6) is 0 Å². The normalized spacial score (nSPS) is 32.1. The number of aliphatic hydroxyl groups is 1. The van der Waals surface area contributed by atoms with Gasteiger partial charge in [0.1, 0.15) is 0 Å². The largest absolute Gasteiger partial charge is 0.393 e. The number of hydrogen-bond acceptors (Lipinski definition) is 2. The Morgan fingerprint density at radius 1 is 1.31 bits per heavy atom. The molecular weight excluding hydrogens is 198 g/mol. The van der Waals surface area contributed by atoms with Crippen LogP contribution in [-0.2, 0) is 0 Å². The predicted octanol–water partition coefficient (Wildman–Crippen LogP) is 2.81. The molecule has 3 atom stereocenters. The molecule has 0 amide bonds. The van der Waals surface area contributed by atoms with Crippen molar-refractivity contribution in [2.45, 2.75) is 65.5 Å². The van der Waals surface area contributed by atoms with Crippen molar-refractivity contribution >= 4 is 0 Å². The zero-order valence-electron chi connectivity index (χ0n) is 11.6. The highest BCUT2D eigenvalue weighted by Gasteiger charge is 2.37. The van der Waals surface area contributed by atoms with Gasteiger partial charge in [-0.1, -0.05) is 27.2 Å². The Morgan fingerprint density at radius 2 is 1.94 bits per heavy atom. The van der Waals surface area contributed by atoms with Crippen LogP contribution < -0.4 is 5.32 Å². The third kappa shape index (κ3) is 3.74. The summed E-state index contributed by atoms with van der Waals surface area (Å²) in [5.74, 6) is 1.76. The second-order valence-electron chi connectivity index (χ2n) is 6.59. The van der Waals surface area contributed by atoms with Crippen LogP contribution in [0, 0.1) is 17.8 Å². The summed E-state index contributed by atoms with van der Waals surface area (Å²) >= 11 is 0. The van der Waals surface area contributed by atoms with Crippen LogP contribution >= 0.6 is 0 Å². The highest BCUT2D eigenvalue weighted by Crippen LogP contribution is 2.35. The molecule has 0 unspecified atom stereocenters. The number of rotatable bonds is 4. The average molecular weight is 227 g/mol. The van der Waals surface area contributed by atoms with Gasteiger partial charge in [-0.3, -0.25) is 0 Å². The van der Waals surface area contributed by atoms with Gasteiger partial charge in [-0.05, 0) is 45.1 Å². The second-order valence-corrected chi connectivity index (χ2v) is 6.59. The van der Waals surface area contributed by atoms with Gasteiger partial charge in [0.05, 0.1) is 6.10 Å². The molecular formula is C14H29NO. The van der Waals surface area contributed by atoms with E-state index in [2.05, 4.69) is 39.9 Å². The van der Waals surface area contributed by atoms with E-state index in [-0.39, 0.29) is 11.6 Å². The minimum absolute atomic E-state index is 0.0594. The molecule has 0 bridgehead atoms. The third-order valence-electron chi connectivity index (χ3n) is 3.97. The summed E-state index contributed by atoms with van der Waals surface area (Å²) in [6.45, 7) is 12.2. The number of hydrogen-bond donors (Lipinski definition) is 2. The Balaban J connectivity index is 2.53.